The molecule has 0 aliphatic carbocycles. The van der Waals surface area contributed by atoms with E-state index >= 15 is 0 Å². The zero-order chi connectivity index (χ0) is 15.5. The maximum absolute atomic E-state index is 12.6. The Kier molecular flexibility index (Phi) is 4.45. The fourth-order valence-corrected chi connectivity index (χ4v) is 2.86. The number of amides is 1. The predicted molar refractivity (Wildman–Crippen MR) is 86.6 cm³/mol. The van der Waals surface area contributed by atoms with Gasteiger partial charge in [-0.2, -0.15) is 5.10 Å². The van der Waals surface area contributed by atoms with Crippen molar-refractivity contribution < 1.29 is 4.79 Å². The molecular weight excluding hydrogens is 300 g/mol. The molecule has 1 fully saturated rings. The fourth-order valence-electron chi connectivity index (χ4n) is 2.73. The minimum Gasteiger partial charge on any atom is -0.339 e. The maximum Gasteiger partial charge on any atom is 0.257 e. The van der Waals surface area contributed by atoms with Crippen LogP contribution in [0.15, 0.2) is 36.7 Å². The van der Waals surface area contributed by atoms with Crippen molar-refractivity contribution in [2.45, 2.75) is 18.9 Å². The molecule has 1 aliphatic rings. The summed E-state index contributed by atoms with van der Waals surface area (Å²) in [6.45, 7) is 1.93. The van der Waals surface area contributed by atoms with Crippen LogP contribution in [0.2, 0.25) is 5.02 Å². The molecule has 1 aromatic carbocycles. The highest BCUT2D eigenvalue weighted by Gasteiger charge is 2.23. The Morgan fingerprint density at radius 3 is 2.68 bits per heavy atom. The zero-order valence-electron chi connectivity index (χ0n) is 12.5. The van der Waals surface area contributed by atoms with Gasteiger partial charge < -0.3 is 10.2 Å². The van der Waals surface area contributed by atoms with Crippen LogP contribution in [0.5, 0.6) is 0 Å². The summed E-state index contributed by atoms with van der Waals surface area (Å²) < 4.78 is 1.69. The van der Waals surface area contributed by atoms with Crippen LogP contribution in [0.25, 0.3) is 5.69 Å². The van der Waals surface area contributed by atoms with Crippen LogP contribution in [0.4, 0.5) is 0 Å². The molecule has 0 atom stereocenters. The minimum absolute atomic E-state index is 0.0205. The molecule has 22 heavy (non-hydrogen) atoms. The quantitative estimate of drug-likeness (QED) is 0.945. The molecule has 116 valence electrons. The van der Waals surface area contributed by atoms with Crippen molar-refractivity contribution in [3.63, 3.8) is 0 Å². The smallest absolute Gasteiger partial charge is 0.257 e. The lowest BCUT2D eigenvalue weighted by molar-refractivity contribution is 0.0703. The molecule has 0 bridgehead atoms. The van der Waals surface area contributed by atoms with Crippen molar-refractivity contribution in [1.29, 1.82) is 0 Å². The summed E-state index contributed by atoms with van der Waals surface area (Å²) in [6.07, 6.45) is 5.37. The van der Waals surface area contributed by atoms with E-state index in [-0.39, 0.29) is 5.91 Å². The number of carbonyl (C=O) groups is 1. The molecule has 1 aromatic heterocycles. The largest absolute Gasteiger partial charge is 0.339 e. The van der Waals surface area contributed by atoms with Crippen LogP contribution in [0, 0.1) is 0 Å². The Morgan fingerprint density at radius 2 is 2.00 bits per heavy atom. The van der Waals surface area contributed by atoms with Crippen molar-refractivity contribution in [1.82, 2.24) is 20.0 Å². The van der Waals surface area contributed by atoms with Crippen molar-refractivity contribution in [2.24, 2.45) is 0 Å². The van der Waals surface area contributed by atoms with E-state index in [4.69, 9.17) is 11.6 Å². The van der Waals surface area contributed by atoms with E-state index in [1.165, 1.54) is 0 Å². The SMILES string of the molecule is CN(C(=O)c1cnn(-c2ccc(Cl)cc2)c1)C1CCNCC1. The summed E-state index contributed by atoms with van der Waals surface area (Å²) in [4.78, 5) is 14.4. The molecule has 0 spiro atoms. The first-order valence-electron chi connectivity index (χ1n) is 7.43. The molecule has 1 amide bonds. The van der Waals surface area contributed by atoms with Gasteiger partial charge in [0.15, 0.2) is 0 Å². The summed E-state index contributed by atoms with van der Waals surface area (Å²) in [5.74, 6) is 0.0205. The number of hydrogen-bond donors (Lipinski definition) is 1. The number of piperidine rings is 1. The van der Waals surface area contributed by atoms with E-state index in [1.807, 2.05) is 24.1 Å². The van der Waals surface area contributed by atoms with E-state index in [1.54, 1.807) is 29.2 Å². The predicted octanol–water partition coefficient (Wildman–Crippen LogP) is 2.35. The second kappa shape index (κ2) is 6.50. The van der Waals surface area contributed by atoms with Gasteiger partial charge >= 0.3 is 0 Å². The monoisotopic (exact) mass is 318 g/mol. The minimum atomic E-state index is 0.0205. The van der Waals surface area contributed by atoms with Crippen LogP contribution in [-0.4, -0.2) is 46.8 Å². The van der Waals surface area contributed by atoms with E-state index in [2.05, 4.69) is 10.4 Å². The van der Waals surface area contributed by atoms with E-state index in [9.17, 15) is 4.79 Å². The van der Waals surface area contributed by atoms with Crippen molar-refractivity contribution >= 4 is 17.5 Å². The number of carbonyl (C=O) groups excluding carboxylic acids is 1. The number of nitrogens with zero attached hydrogens (tertiary/aromatic N) is 3. The number of aromatic nitrogens is 2. The summed E-state index contributed by atoms with van der Waals surface area (Å²) in [6, 6.07) is 7.66. The molecule has 1 aliphatic heterocycles. The molecule has 0 unspecified atom stereocenters. The molecule has 0 radical (unpaired) electrons. The first kappa shape index (κ1) is 15.1. The lowest BCUT2D eigenvalue weighted by atomic mass is 10.0. The van der Waals surface area contributed by atoms with Crippen LogP contribution >= 0.6 is 11.6 Å². The molecule has 2 heterocycles. The van der Waals surface area contributed by atoms with E-state index in [0.717, 1.165) is 31.6 Å². The highest BCUT2D eigenvalue weighted by atomic mass is 35.5. The number of hydrogen-bond acceptors (Lipinski definition) is 3. The summed E-state index contributed by atoms with van der Waals surface area (Å²) >= 11 is 5.89. The van der Waals surface area contributed by atoms with Crippen molar-refractivity contribution in [3.05, 3.63) is 47.2 Å². The van der Waals surface area contributed by atoms with Gasteiger partial charge in [-0.3, -0.25) is 4.79 Å². The van der Waals surface area contributed by atoms with Crippen LogP contribution < -0.4 is 5.32 Å². The second-order valence-corrected chi connectivity index (χ2v) is 5.98. The summed E-state index contributed by atoms with van der Waals surface area (Å²) in [5, 5.41) is 8.27. The van der Waals surface area contributed by atoms with E-state index < -0.39 is 0 Å². The van der Waals surface area contributed by atoms with Gasteiger partial charge in [0.05, 0.1) is 17.4 Å². The highest BCUT2D eigenvalue weighted by molar-refractivity contribution is 6.30. The molecule has 3 rings (SSSR count). The van der Waals surface area contributed by atoms with Gasteiger partial charge in [0.2, 0.25) is 0 Å². The average Bonchev–Trinajstić information content (AvgIpc) is 3.05. The molecule has 1 saturated heterocycles. The van der Waals surface area contributed by atoms with E-state index in [0.29, 0.717) is 16.6 Å². The Labute approximate surface area is 134 Å². The molecular formula is C16H19ClN4O. The van der Waals surface area contributed by atoms with Crippen LogP contribution in [-0.2, 0) is 0 Å². The van der Waals surface area contributed by atoms with Gasteiger partial charge in [-0.1, -0.05) is 11.6 Å². The molecule has 0 saturated carbocycles. The standard InChI is InChI=1S/C16H19ClN4O/c1-20(14-6-8-18-9-7-14)16(22)12-10-19-21(11-12)15-4-2-13(17)3-5-15/h2-5,10-11,14,18H,6-9H2,1H3. The Balaban J connectivity index is 1.75. The topological polar surface area (TPSA) is 50.2 Å². The normalized spacial score (nSPS) is 15.7. The Morgan fingerprint density at radius 1 is 1.32 bits per heavy atom. The first-order valence-corrected chi connectivity index (χ1v) is 7.81. The highest BCUT2D eigenvalue weighted by Crippen LogP contribution is 2.16. The lowest BCUT2D eigenvalue weighted by Crippen LogP contribution is -2.43. The summed E-state index contributed by atoms with van der Waals surface area (Å²) in [5.41, 5.74) is 1.49. The molecule has 1 N–H and O–H groups in total. The van der Waals surface area contributed by atoms with Gasteiger partial charge in [0.25, 0.3) is 5.91 Å². The third-order valence-corrected chi connectivity index (χ3v) is 4.35. The van der Waals surface area contributed by atoms with Gasteiger partial charge in [0.1, 0.15) is 0 Å². The summed E-state index contributed by atoms with van der Waals surface area (Å²) in [7, 11) is 1.87. The third kappa shape index (κ3) is 3.15. The van der Waals surface area contributed by atoms with Gasteiger partial charge in [0, 0.05) is 24.3 Å². The molecule has 2 aromatic rings. The fraction of sp³-hybridized carbons (Fsp3) is 0.375. The van der Waals surface area contributed by atoms with Gasteiger partial charge in [-0.25, -0.2) is 4.68 Å². The van der Waals surface area contributed by atoms with Crippen molar-refractivity contribution in [2.75, 3.05) is 20.1 Å². The van der Waals surface area contributed by atoms with Crippen molar-refractivity contribution in [3.8, 4) is 5.69 Å². The van der Waals surface area contributed by atoms with Gasteiger partial charge in [-0.05, 0) is 50.2 Å². The lowest BCUT2D eigenvalue weighted by Gasteiger charge is -2.31. The zero-order valence-corrected chi connectivity index (χ0v) is 13.3. The number of rotatable bonds is 3. The molecule has 6 heteroatoms. The number of benzene rings is 1. The Hall–Kier alpha value is -1.85. The first-order chi connectivity index (χ1) is 10.6. The number of nitrogens with one attached hydrogen (secondary N) is 1. The Bertz CT molecular complexity index is 646. The number of halogens is 1. The third-order valence-electron chi connectivity index (χ3n) is 4.10. The maximum atomic E-state index is 12.6. The second-order valence-electron chi connectivity index (χ2n) is 5.55. The molecule has 5 nitrogen and oxygen atoms in total. The van der Waals surface area contributed by atoms with Crippen LogP contribution in [0.1, 0.15) is 23.2 Å². The van der Waals surface area contributed by atoms with Gasteiger partial charge in [-0.15, -0.1) is 0 Å². The average molecular weight is 319 g/mol. The van der Waals surface area contributed by atoms with Crippen LogP contribution in [0.3, 0.4) is 0 Å².